The van der Waals surface area contributed by atoms with E-state index >= 15 is 0 Å². The number of ether oxygens (including phenoxy) is 1. The number of thiocarbonyl (C=S) groups is 1. The van der Waals surface area contributed by atoms with Crippen LogP contribution in [0.5, 0.6) is 5.75 Å². The van der Waals surface area contributed by atoms with Crippen molar-refractivity contribution in [1.82, 2.24) is 0 Å². The first-order valence-electron chi connectivity index (χ1n) is 8.65. The van der Waals surface area contributed by atoms with Gasteiger partial charge in [-0.1, -0.05) is 55.5 Å². The van der Waals surface area contributed by atoms with Crippen LogP contribution in [0.25, 0.3) is 0 Å². The Morgan fingerprint density at radius 3 is 2.00 bits per heavy atom. The molecule has 0 aromatic heterocycles. The summed E-state index contributed by atoms with van der Waals surface area (Å²) in [6, 6.07) is 6.58. The topological polar surface area (TPSA) is 9.23 Å². The predicted molar refractivity (Wildman–Crippen MR) is 115 cm³/mol. The van der Waals surface area contributed by atoms with Crippen LogP contribution in [0.1, 0.15) is 58.7 Å². The maximum atomic E-state index is 5.88. The normalized spacial score (nSPS) is 11.1. The average Bonchev–Trinajstić information content (AvgIpc) is 2.49. The molecule has 0 atom stereocenters. The highest BCUT2D eigenvalue weighted by Crippen LogP contribution is 2.38. The molecular formula is C22H28OS2. The highest BCUT2D eigenvalue weighted by Gasteiger charge is 2.20. The van der Waals surface area contributed by atoms with Gasteiger partial charge in [0.25, 0.3) is 0 Å². The van der Waals surface area contributed by atoms with Crippen molar-refractivity contribution >= 4 is 28.2 Å². The molecule has 2 rings (SSSR count). The van der Waals surface area contributed by atoms with Crippen molar-refractivity contribution in [3.63, 3.8) is 0 Å². The number of rotatable bonds is 4. The molecule has 0 spiro atoms. The molecule has 0 N–H and O–H groups in total. The van der Waals surface area contributed by atoms with Gasteiger partial charge in [0.2, 0.25) is 0 Å². The third kappa shape index (κ3) is 4.09. The Balaban J connectivity index is 2.52. The van der Waals surface area contributed by atoms with E-state index in [0.717, 1.165) is 9.95 Å². The monoisotopic (exact) mass is 372 g/mol. The lowest BCUT2D eigenvalue weighted by molar-refractivity contribution is 0.406. The third-order valence-corrected chi connectivity index (χ3v) is 6.28. The number of hydrogen-bond acceptors (Lipinski definition) is 3. The van der Waals surface area contributed by atoms with Gasteiger partial charge in [-0.15, -0.1) is 0 Å². The van der Waals surface area contributed by atoms with Gasteiger partial charge in [-0.05, 0) is 68.9 Å². The minimum atomic E-state index is 0.393. The molecule has 25 heavy (non-hydrogen) atoms. The van der Waals surface area contributed by atoms with Crippen molar-refractivity contribution in [3.8, 4) is 5.75 Å². The largest absolute Gasteiger partial charge is 0.496 e. The summed E-state index contributed by atoms with van der Waals surface area (Å²) >= 11 is 7.59. The molecule has 0 saturated carbocycles. The number of thioether (sulfide) groups is 1. The summed E-state index contributed by atoms with van der Waals surface area (Å²) in [5, 5.41) is 0. The van der Waals surface area contributed by atoms with Crippen molar-refractivity contribution in [2.24, 2.45) is 0 Å². The predicted octanol–water partition coefficient (Wildman–Crippen LogP) is 6.83. The number of hydrogen-bond donors (Lipinski definition) is 0. The molecule has 1 nitrogen and oxygen atoms in total. The maximum absolute atomic E-state index is 5.88. The van der Waals surface area contributed by atoms with Crippen LogP contribution in [-0.4, -0.2) is 11.3 Å². The van der Waals surface area contributed by atoms with Crippen molar-refractivity contribution in [1.29, 1.82) is 0 Å². The molecule has 0 radical (unpaired) electrons. The molecule has 0 fully saturated rings. The fourth-order valence-corrected chi connectivity index (χ4v) is 5.24. The van der Waals surface area contributed by atoms with Crippen molar-refractivity contribution in [2.75, 3.05) is 7.11 Å². The lowest BCUT2D eigenvalue weighted by Crippen LogP contribution is -2.07. The molecule has 0 aliphatic heterocycles. The molecule has 0 unspecified atom stereocenters. The maximum Gasteiger partial charge on any atom is 0.122 e. The summed E-state index contributed by atoms with van der Waals surface area (Å²) in [4.78, 5) is 1.27. The third-order valence-electron chi connectivity index (χ3n) is 4.59. The SMILES string of the molecule is COc1cc(C)c(C(=S)Sc2c(C)cc(C)cc2C)c(C)c1C(C)C. The highest BCUT2D eigenvalue weighted by molar-refractivity contribution is 8.23. The van der Waals surface area contributed by atoms with Gasteiger partial charge in [0.15, 0.2) is 0 Å². The second-order valence-electron chi connectivity index (χ2n) is 7.08. The van der Waals surface area contributed by atoms with Gasteiger partial charge in [-0.2, -0.15) is 0 Å². The van der Waals surface area contributed by atoms with Crippen LogP contribution in [-0.2, 0) is 0 Å². The van der Waals surface area contributed by atoms with Crippen LogP contribution in [0.2, 0.25) is 0 Å². The van der Waals surface area contributed by atoms with E-state index in [4.69, 9.17) is 17.0 Å². The highest BCUT2D eigenvalue weighted by atomic mass is 32.2. The Morgan fingerprint density at radius 2 is 1.52 bits per heavy atom. The first-order chi connectivity index (χ1) is 11.7. The Kier molecular flexibility index (Phi) is 6.34. The minimum Gasteiger partial charge on any atom is -0.496 e. The fourth-order valence-electron chi connectivity index (χ4n) is 3.63. The van der Waals surface area contributed by atoms with Gasteiger partial charge in [-0.25, -0.2) is 0 Å². The zero-order valence-electron chi connectivity index (χ0n) is 16.5. The minimum absolute atomic E-state index is 0.393. The Hall–Kier alpha value is -1.32. The molecule has 2 aromatic rings. The Morgan fingerprint density at radius 1 is 0.960 bits per heavy atom. The summed E-state index contributed by atoms with van der Waals surface area (Å²) in [5.74, 6) is 1.36. The zero-order chi connectivity index (χ0) is 18.9. The van der Waals surface area contributed by atoms with Gasteiger partial charge in [0.05, 0.1) is 11.3 Å². The van der Waals surface area contributed by atoms with E-state index < -0.39 is 0 Å². The van der Waals surface area contributed by atoms with Crippen LogP contribution < -0.4 is 4.74 Å². The van der Waals surface area contributed by atoms with E-state index in [1.54, 1.807) is 18.9 Å². The van der Waals surface area contributed by atoms with E-state index in [2.05, 4.69) is 66.7 Å². The van der Waals surface area contributed by atoms with Crippen LogP contribution in [0.3, 0.4) is 0 Å². The van der Waals surface area contributed by atoms with Gasteiger partial charge in [0, 0.05) is 16.0 Å². The second-order valence-corrected chi connectivity index (χ2v) is 8.77. The average molecular weight is 373 g/mol. The van der Waals surface area contributed by atoms with Crippen LogP contribution in [0, 0.1) is 34.6 Å². The van der Waals surface area contributed by atoms with E-state index in [0.29, 0.717) is 5.92 Å². The molecule has 2 aromatic carbocycles. The fraction of sp³-hybridized carbons (Fsp3) is 0.409. The first-order valence-corrected chi connectivity index (χ1v) is 9.87. The summed E-state index contributed by atoms with van der Waals surface area (Å²) < 4.78 is 6.56. The molecule has 0 amide bonds. The summed E-state index contributed by atoms with van der Waals surface area (Å²) in [6.07, 6.45) is 0. The molecule has 0 heterocycles. The number of aryl methyl sites for hydroxylation is 4. The molecule has 0 aliphatic carbocycles. The quantitative estimate of drug-likeness (QED) is 0.430. The number of methoxy groups -OCH3 is 1. The van der Waals surface area contributed by atoms with Gasteiger partial charge in [-0.3, -0.25) is 0 Å². The van der Waals surface area contributed by atoms with E-state index in [9.17, 15) is 0 Å². The van der Waals surface area contributed by atoms with E-state index in [-0.39, 0.29) is 0 Å². The van der Waals surface area contributed by atoms with Crippen LogP contribution in [0.15, 0.2) is 23.1 Å². The molecule has 0 aliphatic rings. The first kappa shape index (κ1) is 20.0. The van der Waals surface area contributed by atoms with Gasteiger partial charge in [0.1, 0.15) is 5.75 Å². The van der Waals surface area contributed by atoms with Crippen LogP contribution >= 0.6 is 24.0 Å². The van der Waals surface area contributed by atoms with Gasteiger partial charge >= 0.3 is 0 Å². The van der Waals surface area contributed by atoms with Crippen molar-refractivity contribution < 1.29 is 4.74 Å². The van der Waals surface area contributed by atoms with E-state index in [1.165, 1.54) is 43.8 Å². The summed E-state index contributed by atoms with van der Waals surface area (Å²) in [6.45, 7) is 15.2. The smallest absolute Gasteiger partial charge is 0.122 e. The van der Waals surface area contributed by atoms with Gasteiger partial charge < -0.3 is 4.74 Å². The lowest BCUT2D eigenvalue weighted by Gasteiger charge is -2.21. The molecular weight excluding hydrogens is 344 g/mol. The van der Waals surface area contributed by atoms with Crippen LogP contribution in [0.4, 0.5) is 0 Å². The Labute approximate surface area is 162 Å². The molecule has 134 valence electrons. The molecule has 0 bridgehead atoms. The van der Waals surface area contributed by atoms with Crippen molar-refractivity contribution in [3.05, 3.63) is 57.1 Å². The van der Waals surface area contributed by atoms with Crippen molar-refractivity contribution in [2.45, 2.75) is 59.3 Å². The second kappa shape index (κ2) is 7.92. The summed E-state index contributed by atoms with van der Waals surface area (Å²) in [5.41, 5.74) is 8.73. The molecule has 0 saturated heterocycles. The van der Waals surface area contributed by atoms with E-state index in [1.807, 2.05) is 0 Å². The zero-order valence-corrected chi connectivity index (χ0v) is 18.2. The summed E-state index contributed by atoms with van der Waals surface area (Å²) in [7, 11) is 1.74. The standard InChI is InChI=1S/C22H28OS2/c1-12(2)19-17(7)20(14(4)11-18(19)23-8)22(24)25-21-15(5)9-13(3)10-16(21)6/h9-12H,1-8H3. The number of benzene rings is 2. The lowest BCUT2D eigenvalue weighted by atomic mass is 9.91. The Bertz CT molecular complexity index is 796. The molecule has 3 heteroatoms.